The van der Waals surface area contributed by atoms with Gasteiger partial charge in [-0.15, -0.1) is 10.2 Å². The molecule has 2 aromatic heterocycles. The van der Waals surface area contributed by atoms with Crippen LogP contribution in [0.15, 0.2) is 36.7 Å². The summed E-state index contributed by atoms with van der Waals surface area (Å²) in [4.78, 5) is 0. The van der Waals surface area contributed by atoms with E-state index in [0.717, 1.165) is 37.1 Å². The third-order valence-corrected chi connectivity index (χ3v) is 9.89. The Bertz CT molecular complexity index is 1250. The van der Waals surface area contributed by atoms with E-state index in [0.29, 0.717) is 36.9 Å². The van der Waals surface area contributed by atoms with Gasteiger partial charge in [0.1, 0.15) is 0 Å². The molecular formula is C38H64N6O2. The monoisotopic (exact) mass is 637 g/mol. The van der Waals surface area contributed by atoms with Gasteiger partial charge in [0.2, 0.25) is 0 Å². The van der Waals surface area contributed by atoms with Crippen LogP contribution in [0.4, 0.5) is 0 Å². The number of nitrogens with zero attached hydrogens (tertiary/aromatic N) is 6. The van der Waals surface area contributed by atoms with Crippen LogP contribution in [0.1, 0.15) is 144 Å². The van der Waals surface area contributed by atoms with Crippen molar-refractivity contribution in [3.05, 3.63) is 59.2 Å². The van der Waals surface area contributed by atoms with Gasteiger partial charge < -0.3 is 9.47 Å². The zero-order valence-corrected chi connectivity index (χ0v) is 31.5. The summed E-state index contributed by atoms with van der Waals surface area (Å²) in [5.74, 6) is 1.85. The normalized spacial score (nSPS) is 14.8. The van der Waals surface area contributed by atoms with E-state index in [1.807, 2.05) is 9.36 Å². The number of benzene rings is 1. The second-order valence-electron chi connectivity index (χ2n) is 16.8. The van der Waals surface area contributed by atoms with E-state index in [1.165, 1.54) is 11.1 Å². The van der Waals surface area contributed by atoms with Crippen LogP contribution in [-0.4, -0.2) is 54.4 Å². The SMILES string of the molecule is CC(C)C(C)c1cn(C(C)(C)CCOC(C)(C)Cc2ccc(CC(C)(C)OCCC(C)(C)n3cc(C(C)C(C)C)nn3)cc2)nn1. The van der Waals surface area contributed by atoms with Gasteiger partial charge >= 0.3 is 0 Å². The highest BCUT2D eigenvalue weighted by molar-refractivity contribution is 5.25. The summed E-state index contributed by atoms with van der Waals surface area (Å²) >= 11 is 0. The zero-order valence-electron chi connectivity index (χ0n) is 31.5. The standard InChI is InChI=1S/C38H64N6O2/c1-27(2)29(5)33-25-43(41-39-33)35(7,8)19-21-45-37(11,12)23-31-15-17-32(18-16-31)24-38(13,14)46-22-20-36(9,10)44-26-34(40-42-44)30(6)28(3)4/h15-18,25-30H,19-24H2,1-14H3. The Hall–Kier alpha value is -2.58. The van der Waals surface area contributed by atoms with Gasteiger partial charge in [0.15, 0.2) is 0 Å². The summed E-state index contributed by atoms with van der Waals surface area (Å²) in [6, 6.07) is 8.93. The highest BCUT2D eigenvalue weighted by atomic mass is 16.5. The molecule has 8 nitrogen and oxygen atoms in total. The number of hydrogen-bond donors (Lipinski definition) is 0. The van der Waals surface area contributed by atoms with Crippen molar-refractivity contribution in [1.82, 2.24) is 30.0 Å². The van der Waals surface area contributed by atoms with Crippen LogP contribution in [0.5, 0.6) is 0 Å². The quantitative estimate of drug-likeness (QED) is 0.139. The lowest BCUT2D eigenvalue weighted by Crippen LogP contribution is -2.33. The molecule has 3 aromatic rings. The first-order valence-corrected chi connectivity index (χ1v) is 17.4. The van der Waals surface area contributed by atoms with Crippen molar-refractivity contribution >= 4 is 0 Å². The summed E-state index contributed by atoms with van der Waals surface area (Å²) in [5.41, 5.74) is 3.77. The van der Waals surface area contributed by atoms with Crippen LogP contribution in [-0.2, 0) is 33.4 Å². The molecule has 0 N–H and O–H groups in total. The lowest BCUT2D eigenvalue weighted by Gasteiger charge is -2.30. The first kappa shape index (κ1) is 37.9. The Balaban J connectivity index is 1.46. The molecule has 0 aliphatic heterocycles. The smallest absolute Gasteiger partial charge is 0.0858 e. The van der Waals surface area contributed by atoms with Crippen LogP contribution in [0, 0.1) is 11.8 Å². The molecule has 0 spiro atoms. The Morgan fingerprint density at radius 1 is 0.565 bits per heavy atom. The molecule has 2 heterocycles. The first-order chi connectivity index (χ1) is 21.2. The molecule has 0 aliphatic carbocycles. The number of rotatable bonds is 18. The van der Waals surface area contributed by atoms with Crippen LogP contribution < -0.4 is 0 Å². The highest BCUT2D eigenvalue weighted by Crippen LogP contribution is 2.28. The Morgan fingerprint density at radius 2 is 0.891 bits per heavy atom. The van der Waals surface area contributed by atoms with Gasteiger partial charge in [-0.1, -0.05) is 76.2 Å². The van der Waals surface area contributed by atoms with Crippen LogP contribution in [0.2, 0.25) is 0 Å². The third-order valence-electron chi connectivity index (χ3n) is 9.89. The molecule has 46 heavy (non-hydrogen) atoms. The van der Waals surface area contributed by atoms with Crippen LogP contribution >= 0.6 is 0 Å². The maximum atomic E-state index is 6.43. The minimum Gasteiger partial charge on any atom is -0.375 e. The van der Waals surface area contributed by atoms with Gasteiger partial charge in [0.25, 0.3) is 0 Å². The van der Waals surface area contributed by atoms with E-state index in [9.17, 15) is 0 Å². The van der Waals surface area contributed by atoms with Crippen LogP contribution in [0.3, 0.4) is 0 Å². The fourth-order valence-electron chi connectivity index (χ4n) is 5.49. The van der Waals surface area contributed by atoms with E-state index in [2.05, 4.69) is 154 Å². The summed E-state index contributed by atoms with van der Waals surface area (Å²) in [7, 11) is 0. The third kappa shape index (κ3) is 10.7. The van der Waals surface area contributed by atoms with Crippen molar-refractivity contribution in [2.24, 2.45) is 11.8 Å². The molecule has 0 bridgehead atoms. The summed E-state index contributed by atoms with van der Waals surface area (Å²) in [5, 5.41) is 17.8. The number of hydrogen-bond acceptors (Lipinski definition) is 6. The topological polar surface area (TPSA) is 79.9 Å². The summed E-state index contributed by atoms with van der Waals surface area (Å²) in [6.45, 7) is 32.1. The minimum atomic E-state index is -0.274. The van der Waals surface area contributed by atoms with Gasteiger partial charge in [-0.25, -0.2) is 9.36 Å². The summed E-state index contributed by atoms with van der Waals surface area (Å²) in [6.07, 6.45) is 7.62. The molecule has 0 radical (unpaired) electrons. The molecule has 0 aliphatic rings. The molecule has 2 unspecified atom stereocenters. The van der Waals surface area contributed by atoms with Crippen molar-refractivity contribution in [1.29, 1.82) is 0 Å². The predicted octanol–water partition coefficient (Wildman–Crippen LogP) is 8.71. The highest BCUT2D eigenvalue weighted by Gasteiger charge is 2.28. The summed E-state index contributed by atoms with van der Waals surface area (Å²) < 4.78 is 16.9. The van der Waals surface area contributed by atoms with Gasteiger partial charge in [0, 0.05) is 50.3 Å². The van der Waals surface area contributed by atoms with Crippen molar-refractivity contribution in [3.63, 3.8) is 0 Å². The van der Waals surface area contributed by atoms with E-state index < -0.39 is 0 Å². The van der Waals surface area contributed by atoms with Gasteiger partial charge in [-0.05, 0) is 91.2 Å². The fraction of sp³-hybridized carbons (Fsp3) is 0.737. The van der Waals surface area contributed by atoms with Crippen molar-refractivity contribution in [2.75, 3.05) is 13.2 Å². The molecule has 8 heteroatoms. The predicted molar refractivity (Wildman–Crippen MR) is 188 cm³/mol. The minimum absolute atomic E-state index is 0.170. The average Bonchev–Trinajstić information content (AvgIpc) is 3.64. The molecular weight excluding hydrogens is 572 g/mol. The van der Waals surface area contributed by atoms with E-state index in [-0.39, 0.29) is 22.3 Å². The molecule has 3 rings (SSSR count). The Kier molecular flexibility index (Phi) is 12.4. The first-order valence-electron chi connectivity index (χ1n) is 17.4. The Morgan fingerprint density at radius 3 is 1.20 bits per heavy atom. The molecule has 258 valence electrons. The van der Waals surface area contributed by atoms with Crippen LogP contribution in [0.25, 0.3) is 0 Å². The lowest BCUT2D eigenvalue weighted by molar-refractivity contribution is -0.0291. The lowest BCUT2D eigenvalue weighted by atomic mass is 9.93. The molecule has 0 saturated heterocycles. The van der Waals surface area contributed by atoms with Crippen molar-refractivity contribution < 1.29 is 9.47 Å². The molecule has 0 fully saturated rings. The maximum absolute atomic E-state index is 6.43. The average molecular weight is 637 g/mol. The van der Waals surface area contributed by atoms with E-state index in [4.69, 9.17) is 9.47 Å². The maximum Gasteiger partial charge on any atom is 0.0858 e. The Labute approximate surface area is 280 Å². The number of ether oxygens (including phenoxy) is 2. The van der Waals surface area contributed by atoms with E-state index in [1.54, 1.807) is 0 Å². The van der Waals surface area contributed by atoms with Gasteiger partial charge in [-0.2, -0.15) is 0 Å². The zero-order chi connectivity index (χ0) is 34.5. The molecule has 0 amide bonds. The largest absolute Gasteiger partial charge is 0.375 e. The molecule has 1 aromatic carbocycles. The van der Waals surface area contributed by atoms with Crippen molar-refractivity contribution in [2.45, 2.75) is 157 Å². The second kappa shape index (κ2) is 15.1. The fourth-order valence-corrected chi connectivity index (χ4v) is 5.49. The molecule has 2 atom stereocenters. The van der Waals surface area contributed by atoms with Gasteiger partial charge in [-0.3, -0.25) is 0 Å². The van der Waals surface area contributed by atoms with E-state index >= 15 is 0 Å². The molecule has 0 saturated carbocycles. The van der Waals surface area contributed by atoms with Gasteiger partial charge in [0.05, 0.1) is 33.7 Å². The second-order valence-corrected chi connectivity index (χ2v) is 16.8. The van der Waals surface area contributed by atoms with Crippen molar-refractivity contribution in [3.8, 4) is 0 Å². The number of aromatic nitrogens is 6.